The van der Waals surface area contributed by atoms with E-state index in [1.807, 2.05) is 17.5 Å². The molecule has 0 fully saturated rings. The standard InChI is InChI=1S/C19H15N5O3S/c1-11-21-15-5-4-13(25)7-14(15)18(27)24(11)9-17(26)23-19-22-16(10-28-19)12-3-2-6-20-8-12/h2-8,10,25H,9H2,1H3,(H,22,23,26). The highest BCUT2D eigenvalue weighted by Crippen LogP contribution is 2.24. The van der Waals surface area contributed by atoms with Crippen molar-refractivity contribution in [3.8, 4) is 17.0 Å². The third-order valence-electron chi connectivity index (χ3n) is 4.14. The number of fused-ring (bicyclic) bond motifs is 1. The second kappa shape index (κ2) is 7.20. The molecular formula is C19H15N5O3S. The van der Waals surface area contributed by atoms with Crippen LogP contribution >= 0.6 is 11.3 Å². The maximum absolute atomic E-state index is 12.7. The third kappa shape index (κ3) is 3.47. The number of aromatic hydroxyl groups is 1. The smallest absolute Gasteiger partial charge is 0.261 e. The van der Waals surface area contributed by atoms with E-state index in [-0.39, 0.29) is 23.2 Å². The number of aryl methyl sites for hydroxylation is 1. The van der Waals surface area contributed by atoms with E-state index in [0.717, 1.165) is 5.56 Å². The molecule has 0 atom stereocenters. The van der Waals surface area contributed by atoms with Gasteiger partial charge in [0.15, 0.2) is 5.13 Å². The molecule has 0 aliphatic rings. The number of phenols is 1. The number of pyridine rings is 1. The van der Waals surface area contributed by atoms with Gasteiger partial charge in [0, 0.05) is 23.3 Å². The molecule has 0 spiro atoms. The third-order valence-corrected chi connectivity index (χ3v) is 4.90. The average molecular weight is 393 g/mol. The molecule has 0 aliphatic carbocycles. The number of nitrogens with one attached hydrogen (secondary N) is 1. The molecule has 140 valence electrons. The van der Waals surface area contributed by atoms with E-state index in [1.165, 1.54) is 28.0 Å². The number of phenolic OH excluding ortho intramolecular Hbond substituents is 1. The molecule has 0 saturated carbocycles. The number of anilines is 1. The van der Waals surface area contributed by atoms with Gasteiger partial charge in [0.25, 0.3) is 5.56 Å². The van der Waals surface area contributed by atoms with Crippen LogP contribution in [0.5, 0.6) is 5.75 Å². The van der Waals surface area contributed by atoms with Gasteiger partial charge in [-0.05, 0) is 37.3 Å². The fraction of sp³-hybridized carbons (Fsp3) is 0.105. The molecule has 0 bridgehead atoms. The van der Waals surface area contributed by atoms with Crippen molar-refractivity contribution in [2.45, 2.75) is 13.5 Å². The predicted molar refractivity (Wildman–Crippen MR) is 106 cm³/mol. The average Bonchev–Trinajstić information content (AvgIpc) is 3.15. The topological polar surface area (TPSA) is 110 Å². The molecular weight excluding hydrogens is 378 g/mol. The fourth-order valence-electron chi connectivity index (χ4n) is 2.79. The van der Waals surface area contributed by atoms with Crippen LogP contribution in [0.2, 0.25) is 0 Å². The number of benzene rings is 1. The van der Waals surface area contributed by atoms with E-state index in [0.29, 0.717) is 22.2 Å². The lowest BCUT2D eigenvalue weighted by Gasteiger charge is -2.10. The summed E-state index contributed by atoms with van der Waals surface area (Å²) in [5.74, 6) is -0.0101. The van der Waals surface area contributed by atoms with Crippen molar-refractivity contribution in [1.82, 2.24) is 19.5 Å². The number of amides is 1. The summed E-state index contributed by atoms with van der Waals surface area (Å²) < 4.78 is 1.27. The maximum atomic E-state index is 12.7. The number of nitrogens with zero attached hydrogens (tertiary/aromatic N) is 4. The Kier molecular flexibility index (Phi) is 4.58. The molecule has 0 radical (unpaired) electrons. The van der Waals surface area contributed by atoms with Gasteiger partial charge in [-0.1, -0.05) is 0 Å². The van der Waals surface area contributed by atoms with Gasteiger partial charge in [-0.15, -0.1) is 11.3 Å². The quantitative estimate of drug-likeness (QED) is 0.551. The number of carbonyl (C=O) groups excluding carboxylic acids is 1. The van der Waals surface area contributed by atoms with E-state index in [9.17, 15) is 14.7 Å². The number of hydrogen-bond donors (Lipinski definition) is 2. The van der Waals surface area contributed by atoms with Gasteiger partial charge in [0.2, 0.25) is 5.91 Å². The Hall–Kier alpha value is -3.59. The fourth-order valence-corrected chi connectivity index (χ4v) is 3.52. The maximum Gasteiger partial charge on any atom is 0.261 e. The highest BCUT2D eigenvalue weighted by Gasteiger charge is 2.14. The molecule has 9 heteroatoms. The van der Waals surface area contributed by atoms with Crippen LogP contribution in [0.4, 0.5) is 5.13 Å². The van der Waals surface area contributed by atoms with E-state index >= 15 is 0 Å². The Morgan fingerprint density at radius 1 is 1.29 bits per heavy atom. The number of thiazole rings is 1. The molecule has 0 unspecified atom stereocenters. The zero-order chi connectivity index (χ0) is 19.7. The Balaban J connectivity index is 1.56. The summed E-state index contributed by atoms with van der Waals surface area (Å²) in [6.07, 6.45) is 3.37. The zero-order valence-electron chi connectivity index (χ0n) is 14.8. The zero-order valence-corrected chi connectivity index (χ0v) is 15.6. The van der Waals surface area contributed by atoms with Crippen LogP contribution in [0.15, 0.2) is 52.9 Å². The second-order valence-electron chi connectivity index (χ2n) is 6.08. The molecule has 3 heterocycles. The number of aromatic nitrogens is 4. The molecule has 0 saturated heterocycles. The summed E-state index contributed by atoms with van der Waals surface area (Å²) in [6.45, 7) is 1.45. The van der Waals surface area contributed by atoms with Gasteiger partial charge in [0.05, 0.1) is 16.6 Å². The van der Waals surface area contributed by atoms with Crippen LogP contribution in [-0.4, -0.2) is 30.5 Å². The lowest BCUT2D eigenvalue weighted by molar-refractivity contribution is -0.116. The number of carbonyl (C=O) groups is 1. The molecule has 4 aromatic rings. The first kappa shape index (κ1) is 17.8. The van der Waals surface area contributed by atoms with Crippen molar-refractivity contribution < 1.29 is 9.90 Å². The highest BCUT2D eigenvalue weighted by molar-refractivity contribution is 7.14. The van der Waals surface area contributed by atoms with E-state index < -0.39 is 5.91 Å². The van der Waals surface area contributed by atoms with Crippen molar-refractivity contribution in [1.29, 1.82) is 0 Å². The normalized spacial score (nSPS) is 10.9. The number of rotatable bonds is 4. The lowest BCUT2D eigenvalue weighted by Crippen LogP contribution is -2.30. The Labute approximate surface area is 163 Å². The molecule has 0 aliphatic heterocycles. The van der Waals surface area contributed by atoms with Crippen molar-refractivity contribution in [2.24, 2.45) is 0 Å². The molecule has 1 amide bonds. The van der Waals surface area contributed by atoms with Crippen molar-refractivity contribution >= 4 is 33.3 Å². The van der Waals surface area contributed by atoms with Crippen LogP contribution in [0.1, 0.15) is 5.82 Å². The minimum absolute atomic E-state index is 0.0306. The minimum Gasteiger partial charge on any atom is -0.508 e. The minimum atomic E-state index is -0.390. The van der Waals surface area contributed by atoms with Crippen molar-refractivity contribution in [3.05, 3.63) is 64.3 Å². The second-order valence-corrected chi connectivity index (χ2v) is 6.94. The summed E-state index contributed by atoms with van der Waals surface area (Å²) in [7, 11) is 0. The van der Waals surface area contributed by atoms with Crippen LogP contribution in [0.25, 0.3) is 22.2 Å². The van der Waals surface area contributed by atoms with Gasteiger partial charge in [-0.2, -0.15) is 0 Å². The lowest BCUT2D eigenvalue weighted by atomic mass is 10.2. The monoisotopic (exact) mass is 393 g/mol. The Bertz CT molecular complexity index is 1230. The van der Waals surface area contributed by atoms with Crippen LogP contribution in [0, 0.1) is 6.92 Å². The SMILES string of the molecule is Cc1nc2ccc(O)cc2c(=O)n1CC(=O)Nc1nc(-c2cccnc2)cs1. The highest BCUT2D eigenvalue weighted by atomic mass is 32.1. The van der Waals surface area contributed by atoms with Crippen molar-refractivity contribution in [2.75, 3.05) is 5.32 Å². The first-order valence-electron chi connectivity index (χ1n) is 8.37. The first-order chi connectivity index (χ1) is 13.5. The number of hydrogen-bond acceptors (Lipinski definition) is 7. The molecule has 28 heavy (non-hydrogen) atoms. The van der Waals surface area contributed by atoms with E-state index in [4.69, 9.17) is 0 Å². The van der Waals surface area contributed by atoms with Crippen LogP contribution in [0.3, 0.4) is 0 Å². The van der Waals surface area contributed by atoms with Crippen LogP contribution < -0.4 is 10.9 Å². The summed E-state index contributed by atoms with van der Waals surface area (Å²) in [4.78, 5) is 37.9. The summed E-state index contributed by atoms with van der Waals surface area (Å²) in [6, 6.07) is 8.07. The summed E-state index contributed by atoms with van der Waals surface area (Å²) >= 11 is 1.29. The predicted octanol–water partition coefficient (Wildman–Crippen LogP) is 2.57. The molecule has 1 aromatic carbocycles. The van der Waals surface area contributed by atoms with Crippen molar-refractivity contribution in [3.63, 3.8) is 0 Å². The molecule has 3 aromatic heterocycles. The Morgan fingerprint density at radius 3 is 2.93 bits per heavy atom. The largest absolute Gasteiger partial charge is 0.508 e. The summed E-state index contributed by atoms with van der Waals surface area (Å²) in [5, 5.41) is 14.8. The molecule has 2 N–H and O–H groups in total. The van der Waals surface area contributed by atoms with Gasteiger partial charge in [0.1, 0.15) is 18.1 Å². The van der Waals surface area contributed by atoms with Gasteiger partial charge < -0.3 is 10.4 Å². The van der Waals surface area contributed by atoms with E-state index in [2.05, 4.69) is 20.3 Å². The first-order valence-corrected chi connectivity index (χ1v) is 9.25. The summed E-state index contributed by atoms with van der Waals surface area (Å²) in [5.41, 5.74) is 1.65. The van der Waals surface area contributed by atoms with Gasteiger partial charge in [-0.3, -0.25) is 19.1 Å². The van der Waals surface area contributed by atoms with Gasteiger partial charge >= 0.3 is 0 Å². The Morgan fingerprint density at radius 2 is 2.14 bits per heavy atom. The van der Waals surface area contributed by atoms with E-state index in [1.54, 1.807) is 25.4 Å². The van der Waals surface area contributed by atoms with Crippen LogP contribution in [-0.2, 0) is 11.3 Å². The van der Waals surface area contributed by atoms with Gasteiger partial charge in [-0.25, -0.2) is 9.97 Å². The molecule has 4 rings (SSSR count). The molecule has 8 nitrogen and oxygen atoms in total.